The van der Waals surface area contributed by atoms with E-state index < -0.39 is 6.10 Å². The van der Waals surface area contributed by atoms with Gasteiger partial charge in [-0.15, -0.1) is 0 Å². The molecule has 0 heterocycles. The smallest absolute Gasteiger partial charge is 0.265 e. The number of hydrogen-bond donors (Lipinski definition) is 1. The van der Waals surface area contributed by atoms with Gasteiger partial charge in [-0.1, -0.05) is 76.1 Å². The number of benzene rings is 3. The van der Waals surface area contributed by atoms with Crippen LogP contribution in [0, 0.1) is 0 Å². The maximum atomic E-state index is 12.6. The van der Waals surface area contributed by atoms with Crippen molar-refractivity contribution < 1.29 is 14.3 Å². The summed E-state index contributed by atoms with van der Waals surface area (Å²) in [6.45, 7) is 9.05. The number of ether oxygens (including phenoxy) is 2. The Kier molecular flexibility index (Phi) is 8.53. The second-order valence-electron chi connectivity index (χ2n) is 8.84. The van der Waals surface area contributed by atoms with Crippen molar-refractivity contribution in [2.45, 2.75) is 58.5 Å². The van der Waals surface area contributed by atoms with Gasteiger partial charge < -0.3 is 14.8 Å². The molecule has 4 heteroatoms. The van der Waals surface area contributed by atoms with Gasteiger partial charge in [0.15, 0.2) is 6.10 Å². The molecular weight excluding hydrogens is 410 g/mol. The number of hydrogen-bond acceptors (Lipinski definition) is 3. The Labute approximate surface area is 197 Å². The molecule has 1 atom stereocenters. The minimum atomic E-state index is -0.622. The van der Waals surface area contributed by atoms with E-state index in [4.69, 9.17) is 9.47 Å². The van der Waals surface area contributed by atoms with E-state index >= 15 is 0 Å². The van der Waals surface area contributed by atoms with Gasteiger partial charge in [0.1, 0.15) is 11.5 Å². The van der Waals surface area contributed by atoms with Crippen LogP contribution in [0.3, 0.4) is 0 Å². The number of rotatable bonds is 11. The van der Waals surface area contributed by atoms with E-state index in [1.165, 1.54) is 24.0 Å². The number of carbonyl (C=O) groups excluding carboxylic acids is 1. The van der Waals surface area contributed by atoms with E-state index in [1.54, 1.807) is 6.92 Å². The molecule has 33 heavy (non-hydrogen) atoms. The first-order valence-corrected chi connectivity index (χ1v) is 11.8. The van der Waals surface area contributed by atoms with Crippen LogP contribution < -0.4 is 14.8 Å². The molecule has 0 aliphatic rings. The Balaban J connectivity index is 1.53. The minimum Gasteiger partial charge on any atom is -0.494 e. The summed E-state index contributed by atoms with van der Waals surface area (Å²) < 4.78 is 11.6. The highest BCUT2D eigenvalue weighted by Crippen LogP contribution is 2.32. The molecule has 0 aliphatic carbocycles. The third kappa shape index (κ3) is 6.85. The molecule has 3 rings (SSSR count). The number of amides is 1. The molecule has 3 aromatic carbocycles. The van der Waals surface area contributed by atoms with Crippen molar-refractivity contribution in [1.82, 2.24) is 0 Å². The highest BCUT2D eigenvalue weighted by atomic mass is 16.5. The van der Waals surface area contributed by atoms with Crippen LogP contribution in [0.2, 0.25) is 0 Å². The van der Waals surface area contributed by atoms with Crippen molar-refractivity contribution in [2.24, 2.45) is 0 Å². The normalized spacial score (nSPS) is 12.1. The fraction of sp³-hybridized carbons (Fsp3) is 0.345. The molecule has 1 unspecified atom stereocenters. The van der Waals surface area contributed by atoms with Crippen LogP contribution >= 0.6 is 0 Å². The molecular formula is C29H35NO3. The fourth-order valence-electron chi connectivity index (χ4n) is 3.65. The minimum absolute atomic E-state index is 0.116. The van der Waals surface area contributed by atoms with E-state index in [-0.39, 0.29) is 11.3 Å². The predicted molar refractivity (Wildman–Crippen MR) is 135 cm³/mol. The van der Waals surface area contributed by atoms with Gasteiger partial charge in [0.25, 0.3) is 5.91 Å². The number of anilines is 1. The van der Waals surface area contributed by atoms with Crippen LogP contribution in [0.25, 0.3) is 0 Å². The van der Waals surface area contributed by atoms with Crippen molar-refractivity contribution in [2.75, 3.05) is 11.9 Å². The highest BCUT2D eigenvalue weighted by Gasteiger charge is 2.23. The lowest BCUT2D eigenvalue weighted by atomic mass is 9.78. The summed E-state index contributed by atoms with van der Waals surface area (Å²) in [5.41, 5.74) is 3.05. The Morgan fingerprint density at radius 3 is 2.09 bits per heavy atom. The first-order chi connectivity index (χ1) is 15.9. The van der Waals surface area contributed by atoms with Crippen LogP contribution in [0.1, 0.15) is 58.1 Å². The number of unbranched alkanes of at least 4 members (excludes halogenated alkanes) is 2. The van der Waals surface area contributed by atoms with Gasteiger partial charge in [0, 0.05) is 11.1 Å². The Hall–Kier alpha value is -3.27. The molecule has 174 valence electrons. The largest absolute Gasteiger partial charge is 0.494 e. The Morgan fingerprint density at radius 1 is 0.848 bits per heavy atom. The van der Waals surface area contributed by atoms with E-state index in [0.29, 0.717) is 12.4 Å². The Bertz CT molecular complexity index is 995. The van der Waals surface area contributed by atoms with Crippen LogP contribution in [0.5, 0.6) is 11.5 Å². The molecule has 0 fully saturated rings. The van der Waals surface area contributed by atoms with Crippen LogP contribution in [0.15, 0.2) is 78.9 Å². The van der Waals surface area contributed by atoms with Gasteiger partial charge in [-0.3, -0.25) is 4.79 Å². The molecule has 0 bridgehead atoms. The zero-order valence-electron chi connectivity index (χ0n) is 20.1. The molecule has 0 radical (unpaired) electrons. The summed E-state index contributed by atoms with van der Waals surface area (Å²) in [6.07, 6.45) is 2.77. The zero-order valence-corrected chi connectivity index (χ0v) is 20.1. The monoisotopic (exact) mass is 445 g/mol. The van der Waals surface area contributed by atoms with E-state index in [9.17, 15) is 4.79 Å². The Morgan fingerprint density at radius 2 is 1.45 bits per heavy atom. The third-order valence-corrected chi connectivity index (χ3v) is 5.89. The van der Waals surface area contributed by atoms with E-state index in [2.05, 4.69) is 62.5 Å². The SMILES string of the molecule is CCCCCOc1ccc(NC(=O)C(C)Oc2ccc(C(C)(C)c3ccccc3)cc2)cc1. The lowest BCUT2D eigenvalue weighted by molar-refractivity contribution is -0.122. The van der Waals surface area contributed by atoms with Crippen molar-refractivity contribution in [3.05, 3.63) is 90.0 Å². The first kappa shape index (κ1) is 24.4. The summed E-state index contributed by atoms with van der Waals surface area (Å²) in [4.78, 5) is 12.6. The molecule has 3 aromatic rings. The van der Waals surface area contributed by atoms with Gasteiger partial charge in [-0.25, -0.2) is 0 Å². The summed E-state index contributed by atoms with van der Waals surface area (Å²) >= 11 is 0. The maximum Gasteiger partial charge on any atom is 0.265 e. The first-order valence-electron chi connectivity index (χ1n) is 11.8. The maximum absolute atomic E-state index is 12.6. The average Bonchev–Trinajstić information content (AvgIpc) is 2.83. The van der Waals surface area contributed by atoms with Crippen molar-refractivity contribution >= 4 is 11.6 Å². The van der Waals surface area contributed by atoms with Crippen molar-refractivity contribution in [1.29, 1.82) is 0 Å². The average molecular weight is 446 g/mol. The standard InChI is InChI=1S/C29H35NO3/c1-5-6-10-21-32-26-19-15-25(16-20-26)30-28(31)22(2)33-27-17-13-24(14-18-27)29(3,4)23-11-8-7-9-12-23/h7-9,11-20,22H,5-6,10,21H2,1-4H3,(H,30,31). The lowest BCUT2D eigenvalue weighted by Gasteiger charge is -2.26. The molecule has 0 saturated heterocycles. The van der Waals surface area contributed by atoms with E-state index in [1.807, 2.05) is 42.5 Å². The van der Waals surface area contributed by atoms with Gasteiger partial charge in [0.05, 0.1) is 6.61 Å². The van der Waals surface area contributed by atoms with Crippen molar-refractivity contribution in [3.8, 4) is 11.5 Å². The number of nitrogens with one attached hydrogen (secondary N) is 1. The van der Waals surface area contributed by atoms with Gasteiger partial charge >= 0.3 is 0 Å². The lowest BCUT2D eigenvalue weighted by Crippen LogP contribution is -2.30. The van der Waals surface area contributed by atoms with Gasteiger partial charge in [0.2, 0.25) is 0 Å². The molecule has 0 spiro atoms. The predicted octanol–water partition coefficient (Wildman–Crippen LogP) is 6.99. The van der Waals surface area contributed by atoms with Crippen molar-refractivity contribution in [3.63, 3.8) is 0 Å². The quantitative estimate of drug-likeness (QED) is 0.324. The van der Waals surface area contributed by atoms with E-state index in [0.717, 1.165) is 17.9 Å². The van der Waals surface area contributed by atoms with Crippen LogP contribution in [-0.2, 0) is 10.2 Å². The fourth-order valence-corrected chi connectivity index (χ4v) is 3.65. The third-order valence-electron chi connectivity index (χ3n) is 5.89. The summed E-state index contributed by atoms with van der Waals surface area (Å²) in [7, 11) is 0. The van der Waals surface area contributed by atoms with Gasteiger partial charge in [-0.2, -0.15) is 0 Å². The second-order valence-corrected chi connectivity index (χ2v) is 8.84. The van der Waals surface area contributed by atoms with Crippen LogP contribution in [0.4, 0.5) is 5.69 Å². The summed E-state index contributed by atoms with van der Waals surface area (Å²) in [5.74, 6) is 1.29. The topological polar surface area (TPSA) is 47.6 Å². The summed E-state index contributed by atoms with van der Waals surface area (Å²) in [6, 6.07) is 25.8. The number of carbonyl (C=O) groups is 1. The molecule has 1 amide bonds. The molecule has 1 N–H and O–H groups in total. The molecule has 0 aliphatic heterocycles. The zero-order chi connectivity index (χ0) is 23.7. The molecule has 0 aromatic heterocycles. The molecule has 4 nitrogen and oxygen atoms in total. The van der Waals surface area contributed by atoms with Gasteiger partial charge in [-0.05, 0) is 60.9 Å². The molecule has 0 saturated carbocycles. The summed E-state index contributed by atoms with van der Waals surface area (Å²) in [5, 5.41) is 2.90. The highest BCUT2D eigenvalue weighted by molar-refractivity contribution is 5.94. The second kappa shape index (κ2) is 11.6. The van der Waals surface area contributed by atoms with Crippen LogP contribution in [-0.4, -0.2) is 18.6 Å².